The second kappa shape index (κ2) is 11.1. The summed E-state index contributed by atoms with van der Waals surface area (Å²) in [6.07, 6.45) is 3.59. The monoisotopic (exact) mass is 520 g/mol. The van der Waals surface area contributed by atoms with E-state index in [2.05, 4.69) is 54.3 Å². The zero-order valence-electron chi connectivity index (χ0n) is 21.7. The van der Waals surface area contributed by atoms with Gasteiger partial charge in [-0.2, -0.15) is 0 Å². The second-order valence-corrected chi connectivity index (χ2v) is 12.1. The molecule has 5 rings (SSSR count). The number of rotatable bonds is 8. The Kier molecular flexibility index (Phi) is 8.05. The average molecular weight is 521 g/mol. The van der Waals surface area contributed by atoms with Crippen molar-refractivity contribution < 1.29 is 18.3 Å². The van der Waals surface area contributed by atoms with Crippen LogP contribution >= 0.6 is 0 Å². The van der Waals surface area contributed by atoms with Crippen molar-refractivity contribution in [2.75, 3.05) is 30.2 Å². The quantitative estimate of drug-likeness (QED) is 0.435. The highest BCUT2D eigenvalue weighted by molar-refractivity contribution is 7.92. The van der Waals surface area contributed by atoms with Crippen LogP contribution in [-0.4, -0.2) is 50.3 Å². The smallest absolute Gasteiger partial charge is 0.300 e. The molecule has 0 aromatic heterocycles. The summed E-state index contributed by atoms with van der Waals surface area (Å²) in [5, 5.41) is 7.42. The van der Waals surface area contributed by atoms with E-state index in [1.54, 1.807) is 0 Å². The Labute approximate surface area is 220 Å². The number of fused-ring (bicyclic) bond motifs is 1. The van der Waals surface area contributed by atoms with Crippen molar-refractivity contribution in [3.8, 4) is 0 Å². The number of sulfonamides is 1. The first-order valence-corrected chi connectivity index (χ1v) is 14.6. The molecule has 0 spiro atoms. The number of hydrogen-bond donors (Lipinski definition) is 1. The van der Waals surface area contributed by atoms with Gasteiger partial charge in [0.25, 0.3) is 5.97 Å². The maximum atomic E-state index is 12.7. The van der Waals surface area contributed by atoms with E-state index in [0.717, 1.165) is 33.0 Å². The molecule has 1 heterocycles. The van der Waals surface area contributed by atoms with Crippen molar-refractivity contribution in [2.45, 2.75) is 32.1 Å². The van der Waals surface area contributed by atoms with E-state index >= 15 is 0 Å². The summed E-state index contributed by atoms with van der Waals surface area (Å²) in [4.78, 5) is 11.6. The maximum Gasteiger partial charge on any atom is 0.300 e. The molecule has 2 atom stereocenters. The normalized spacial score (nSPS) is 22.5. The second-order valence-electron chi connectivity index (χ2n) is 10.3. The van der Waals surface area contributed by atoms with Crippen LogP contribution in [0.1, 0.15) is 31.4 Å². The largest absolute Gasteiger partial charge is 0.481 e. The lowest BCUT2D eigenvalue weighted by molar-refractivity contribution is -0.134. The van der Waals surface area contributed by atoms with E-state index in [-0.39, 0.29) is 5.41 Å². The Morgan fingerprint density at radius 3 is 2.05 bits per heavy atom. The molecule has 1 saturated heterocycles. The number of hydrogen-bond acceptors (Lipinski definition) is 4. The summed E-state index contributed by atoms with van der Waals surface area (Å²) in [6.45, 7) is 6.85. The van der Waals surface area contributed by atoms with Gasteiger partial charge in [0.15, 0.2) is 0 Å². The molecule has 2 unspecified atom stereocenters. The number of anilines is 2. The van der Waals surface area contributed by atoms with Crippen LogP contribution < -0.4 is 4.31 Å². The average Bonchev–Trinajstić information content (AvgIpc) is 3.18. The maximum absolute atomic E-state index is 12.7. The molecule has 2 aliphatic rings. The number of benzene rings is 3. The molecule has 37 heavy (non-hydrogen) atoms. The molecule has 2 fully saturated rings. The van der Waals surface area contributed by atoms with Crippen LogP contribution in [0.15, 0.2) is 84.9 Å². The number of likely N-dealkylation sites (tertiary alicyclic amines) is 1. The summed E-state index contributed by atoms with van der Waals surface area (Å²) in [7, 11) is -3.45. The van der Waals surface area contributed by atoms with E-state index in [1.807, 2.05) is 42.5 Å². The Hall–Kier alpha value is -3.16. The SMILES string of the molecule is CC(=O)O.CC1(c2cccc(N(c3ccccc3)S(C)(=O)=O)c2)C2CN(CCCc3ccccc3)CC21. The lowest BCUT2D eigenvalue weighted by Gasteiger charge is -2.27. The molecule has 6 nitrogen and oxygen atoms in total. The molecule has 3 aromatic rings. The van der Waals surface area contributed by atoms with E-state index in [9.17, 15) is 8.42 Å². The molecule has 0 bridgehead atoms. The number of aliphatic carboxylic acids is 1. The first-order valence-electron chi connectivity index (χ1n) is 12.7. The molecule has 7 heteroatoms. The van der Waals surface area contributed by atoms with Gasteiger partial charge in [-0.25, -0.2) is 12.7 Å². The fraction of sp³-hybridized carbons (Fsp3) is 0.367. The van der Waals surface area contributed by atoms with Gasteiger partial charge in [0.05, 0.1) is 17.6 Å². The minimum Gasteiger partial charge on any atom is -0.481 e. The van der Waals surface area contributed by atoms with Crippen LogP contribution in [0.4, 0.5) is 11.4 Å². The van der Waals surface area contributed by atoms with Gasteiger partial charge in [-0.15, -0.1) is 0 Å². The standard InChI is InChI=1S/C28H32N2O2S.C2H4O2/c1-28(26-20-29(21-27(26)28)18-10-13-22-11-5-3-6-12-22)23-14-9-17-25(19-23)30(33(2,31)32)24-15-7-4-8-16-24;1-2(3)4/h3-9,11-12,14-17,19,26-27H,10,13,18,20-21H2,1-2H3;1H3,(H,3,4). The number of aryl methyl sites for hydroxylation is 1. The topological polar surface area (TPSA) is 77.9 Å². The molecule has 1 saturated carbocycles. The highest BCUT2D eigenvalue weighted by atomic mass is 32.2. The molecule has 3 aromatic carbocycles. The zero-order valence-corrected chi connectivity index (χ0v) is 22.6. The third-order valence-corrected chi connectivity index (χ3v) is 8.72. The Morgan fingerprint density at radius 1 is 0.946 bits per heavy atom. The van der Waals surface area contributed by atoms with Gasteiger partial charge in [-0.1, -0.05) is 67.6 Å². The zero-order chi connectivity index (χ0) is 26.6. The van der Waals surface area contributed by atoms with Crippen LogP contribution in [0.25, 0.3) is 0 Å². The number of nitrogens with zero attached hydrogens (tertiary/aromatic N) is 2. The van der Waals surface area contributed by atoms with Crippen LogP contribution in [-0.2, 0) is 26.7 Å². The van der Waals surface area contributed by atoms with Gasteiger partial charge in [0.2, 0.25) is 10.0 Å². The summed E-state index contributed by atoms with van der Waals surface area (Å²) in [6, 6.07) is 28.2. The van der Waals surface area contributed by atoms with Gasteiger partial charge < -0.3 is 10.0 Å². The van der Waals surface area contributed by atoms with E-state index in [1.165, 1.54) is 28.1 Å². The molecular formula is C30H36N2O4S. The third kappa shape index (κ3) is 6.22. The Balaban J connectivity index is 0.000000747. The van der Waals surface area contributed by atoms with Crippen molar-refractivity contribution in [3.05, 3.63) is 96.1 Å². The van der Waals surface area contributed by atoms with Crippen molar-refractivity contribution in [2.24, 2.45) is 11.8 Å². The first kappa shape index (κ1) is 26.9. The Bertz CT molecular complexity index is 1300. The van der Waals surface area contributed by atoms with Crippen LogP contribution in [0.5, 0.6) is 0 Å². The molecule has 0 radical (unpaired) electrons. The number of carboxylic acids is 1. The highest BCUT2D eigenvalue weighted by Crippen LogP contribution is 2.63. The van der Waals surface area contributed by atoms with Crippen LogP contribution in [0, 0.1) is 11.8 Å². The van der Waals surface area contributed by atoms with E-state index in [0.29, 0.717) is 23.2 Å². The number of piperidine rings is 1. The van der Waals surface area contributed by atoms with E-state index < -0.39 is 16.0 Å². The van der Waals surface area contributed by atoms with Crippen molar-refractivity contribution in [1.82, 2.24) is 4.90 Å². The predicted molar refractivity (Wildman–Crippen MR) is 149 cm³/mol. The summed E-state index contributed by atoms with van der Waals surface area (Å²) < 4.78 is 26.8. The van der Waals surface area contributed by atoms with Crippen LogP contribution in [0.3, 0.4) is 0 Å². The van der Waals surface area contributed by atoms with Crippen molar-refractivity contribution in [1.29, 1.82) is 0 Å². The van der Waals surface area contributed by atoms with Gasteiger partial charge in [-0.3, -0.25) is 4.79 Å². The Morgan fingerprint density at radius 2 is 1.49 bits per heavy atom. The third-order valence-electron chi connectivity index (χ3n) is 7.63. The number of para-hydroxylation sites is 1. The highest BCUT2D eigenvalue weighted by Gasteiger charge is 2.65. The number of carbonyl (C=O) groups is 1. The first-order chi connectivity index (χ1) is 17.6. The van der Waals surface area contributed by atoms with Crippen molar-refractivity contribution in [3.63, 3.8) is 0 Å². The molecule has 1 N–H and O–H groups in total. The van der Waals surface area contributed by atoms with Crippen molar-refractivity contribution >= 4 is 27.4 Å². The van der Waals surface area contributed by atoms with E-state index in [4.69, 9.17) is 9.90 Å². The predicted octanol–water partition coefficient (Wildman–Crippen LogP) is 5.33. The molecule has 196 valence electrons. The lowest BCUT2D eigenvalue weighted by atomic mass is 9.92. The molecule has 0 amide bonds. The van der Waals surface area contributed by atoms with Gasteiger partial charge in [-0.05, 0) is 66.6 Å². The number of carboxylic acid groups (broad SMARTS) is 1. The fourth-order valence-electron chi connectivity index (χ4n) is 5.79. The fourth-order valence-corrected chi connectivity index (χ4v) is 6.79. The van der Waals surface area contributed by atoms with Crippen LogP contribution in [0.2, 0.25) is 0 Å². The van der Waals surface area contributed by atoms with Gasteiger partial charge in [0.1, 0.15) is 0 Å². The lowest BCUT2D eigenvalue weighted by Crippen LogP contribution is -2.30. The van der Waals surface area contributed by atoms with Gasteiger partial charge in [0, 0.05) is 25.4 Å². The minimum atomic E-state index is -3.45. The summed E-state index contributed by atoms with van der Waals surface area (Å²) in [5.74, 6) is 0.459. The molecule has 1 aliphatic heterocycles. The molecule has 1 aliphatic carbocycles. The summed E-state index contributed by atoms with van der Waals surface area (Å²) in [5.41, 5.74) is 4.18. The molecular weight excluding hydrogens is 484 g/mol. The minimum absolute atomic E-state index is 0.131. The van der Waals surface area contributed by atoms with Gasteiger partial charge >= 0.3 is 0 Å². The summed E-state index contributed by atoms with van der Waals surface area (Å²) >= 11 is 0.